The Morgan fingerprint density at radius 2 is 2.04 bits per heavy atom. The highest BCUT2D eigenvalue weighted by Gasteiger charge is 2.38. The normalized spacial score (nSPS) is 15.4. The number of unbranched alkanes of at least 4 members (excludes halogenated alkanes) is 1. The highest BCUT2D eigenvalue weighted by molar-refractivity contribution is 7.89. The lowest BCUT2D eigenvalue weighted by molar-refractivity contribution is 0.275. The summed E-state index contributed by atoms with van der Waals surface area (Å²) in [5.41, 5.74) is 1.71. The molecule has 1 fully saturated rings. The second-order valence-corrected chi connectivity index (χ2v) is 7.92. The van der Waals surface area contributed by atoms with Gasteiger partial charge in [0.2, 0.25) is 10.0 Å². The number of aromatic nitrogens is 1. The summed E-state index contributed by atoms with van der Waals surface area (Å²) in [6.07, 6.45) is 4.82. The van der Waals surface area contributed by atoms with Crippen LogP contribution in [0.2, 0.25) is 0 Å². The number of hydrogen-bond acceptors (Lipinski definition) is 4. The van der Waals surface area contributed by atoms with Gasteiger partial charge in [0.05, 0.1) is 10.4 Å². The van der Waals surface area contributed by atoms with Crippen molar-refractivity contribution < 1.29 is 13.5 Å². The van der Waals surface area contributed by atoms with Gasteiger partial charge in [-0.15, -0.1) is 0 Å². The quantitative estimate of drug-likeness (QED) is 0.790. The molecule has 0 bridgehead atoms. The number of sulfonamides is 1. The number of aryl methyl sites for hydroxylation is 1. The molecule has 124 valence electrons. The maximum Gasteiger partial charge on any atom is 0.243 e. The number of pyridine rings is 1. The molecule has 0 unspecified atom stereocenters. The van der Waals surface area contributed by atoms with Crippen molar-refractivity contribution in [1.82, 2.24) is 9.29 Å². The first-order valence-electron chi connectivity index (χ1n) is 8.03. The number of aliphatic hydroxyl groups excluding tert-OH is 1. The predicted octanol–water partition coefficient (Wildman–Crippen LogP) is 2.47. The van der Waals surface area contributed by atoms with Crippen LogP contribution in [0.3, 0.4) is 0 Å². The summed E-state index contributed by atoms with van der Waals surface area (Å²) in [5, 5.41) is 9.63. The van der Waals surface area contributed by atoms with E-state index in [0.29, 0.717) is 29.7 Å². The largest absolute Gasteiger partial charge is 0.396 e. The van der Waals surface area contributed by atoms with Gasteiger partial charge < -0.3 is 5.11 Å². The highest BCUT2D eigenvalue weighted by atomic mass is 32.2. The number of fused-ring (bicyclic) bond motifs is 1. The predicted molar refractivity (Wildman–Crippen MR) is 89.7 cm³/mol. The van der Waals surface area contributed by atoms with Crippen molar-refractivity contribution in [2.45, 2.75) is 43.5 Å². The van der Waals surface area contributed by atoms with Gasteiger partial charge >= 0.3 is 0 Å². The Morgan fingerprint density at radius 3 is 2.74 bits per heavy atom. The van der Waals surface area contributed by atoms with Crippen molar-refractivity contribution >= 4 is 20.9 Å². The minimum absolute atomic E-state index is 0.0932. The molecule has 0 spiro atoms. The van der Waals surface area contributed by atoms with E-state index in [4.69, 9.17) is 5.11 Å². The van der Waals surface area contributed by atoms with Crippen molar-refractivity contribution in [2.75, 3.05) is 13.2 Å². The number of benzene rings is 1. The third kappa shape index (κ3) is 3.24. The number of rotatable bonds is 7. The van der Waals surface area contributed by atoms with E-state index in [1.54, 1.807) is 22.6 Å². The average molecular weight is 334 g/mol. The summed E-state index contributed by atoms with van der Waals surface area (Å²) in [5.74, 6) is 0. The van der Waals surface area contributed by atoms with Gasteiger partial charge in [-0.05, 0) is 56.4 Å². The molecule has 23 heavy (non-hydrogen) atoms. The van der Waals surface area contributed by atoms with E-state index in [1.165, 1.54) is 0 Å². The smallest absolute Gasteiger partial charge is 0.243 e. The Labute approximate surface area is 137 Å². The molecule has 1 heterocycles. The van der Waals surface area contributed by atoms with E-state index in [2.05, 4.69) is 4.98 Å². The molecule has 0 radical (unpaired) electrons. The molecule has 6 heteroatoms. The van der Waals surface area contributed by atoms with E-state index < -0.39 is 10.0 Å². The van der Waals surface area contributed by atoms with Crippen LogP contribution in [0, 0.1) is 6.92 Å². The van der Waals surface area contributed by atoms with Crippen LogP contribution in [0.25, 0.3) is 10.9 Å². The molecule has 1 N–H and O–H groups in total. The maximum absolute atomic E-state index is 13.2. The van der Waals surface area contributed by atoms with Crippen LogP contribution in [-0.4, -0.2) is 42.0 Å². The van der Waals surface area contributed by atoms with Gasteiger partial charge in [0, 0.05) is 30.8 Å². The molecular weight excluding hydrogens is 312 g/mol. The standard InChI is InChI=1S/C17H22N2O3S/c1-13-6-9-16(15-5-4-10-18-17(13)15)23(21,22)19(14-7-8-14)11-2-3-12-20/h4-6,9-10,14,20H,2-3,7-8,11-12H2,1H3. The van der Waals surface area contributed by atoms with Gasteiger partial charge in [-0.25, -0.2) is 8.42 Å². The Morgan fingerprint density at radius 1 is 1.26 bits per heavy atom. The fraction of sp³-hybridized carbons (Fsp3) is 0.471. The first kappa shape index (κ1) is 16.4. The van der Waals surface area contributed by atoms with Gasteiger partial charge in [-0.1, -0.05) is 6.07 Å². The van der Waals surface area contributed by atoms with Gasteiger partial charge in [-0.2, -0.15) is 4.31 Å². The van der Waals surface area contributed by atoms with Crippen molar-refractivity contribution in [1.29, 1.82) is 0 Å². The lowest BCUT2D eigenvalue weighted by atomic mass is 10.1. The lowest BCUT2D eigenvalue weighted by Crippen LogP contribution is -2.34. The van der Waals surface area contributed by atoms with Crippen LogP contribution in [0.5, 0.6) is 0 Å². The zero-order chi connectivity index (χ0) is 16.4. The van der Waals surface area contributed by atoms with Crippen LogP contribution in [0.4, 0.5) is 0 Å². The van der Waals surface area contributed by atoms with E-state index >= 15 is 0 Å². The maximum atomic E-state index is 13.2. The number of nitrogens with zero attached hydrogens (tertiary/aromatic N) is 2. The van der Waals surface area contributed by atoms with Crippen LogP contribution in [0.1, 0.15) is 31.2 Å². The second kappa shape index (κ2) is 6.55. The molecule has 1 aliphatic rings. The molecule has 2 aromatic rings. The number of hydrogen-bond donors (Lipinski definition) is 1. The van der Waals surface area contributed by atoms with E-state index in [0.717, 1.165) is 23.9 Å². The molecule has 1 saturated carbocycles. The summed E-state index contributed by atoms with van der Waals surface area (Å²) >= 11 is 0. The van der Waals surface area contributed by atoms with Gasteiger partial charge in [0.25, 0.3) is 0 Å². The van der Waals surface area contributed by atoms with Crippen LogP contribution >= 0.6 is 0 Å². The van der Waals surface area contributed by atoms with Crippen LogP contribution < -0.4 is 0 Å². The zero-order valence-electron chi connectivity index (χ0n) is 13.3. The highest BCUT2D eigenvalue weighted by Crippen LogP contribution is 2.34. The summed E-state index contributed by atoms with van der Waals surface area (Å²) < 4.78 is 27.9. The van der Waals surface area contributed by atoms with E-state index in [1.807, 2.05) is 19.1 Å². The monoisotopic (exact) mass is 334 g/mol. The summed E-state index contributed by atoms with van der Waals surface area (Å²) in [7, 11) is -3.55. The average Bonchev–Trinajstić information content (AvgIpc) is 3.36. The molecule has 5 nitrogen and oxygen atoms in total. The molecule has 0 aliphatic heterocycles. The Kier molecular flexibility index (Phi) is 4.66. The van der Waals surface area contributed by atoms with Gasteiger partial charge in [0.15, 0.2) is 0 Å². The Bertz CT molecular complexity index is 801. The summed E-state index contributed by atoms with van der Waals surface area (Å²) in [6, 6.07) is 7.21. The third-order valence-electron chi connectivity index (χ3n) is 4.26. The lowest BCUT2D eigenvalue weighted by Gasteiger charge is -2.22. The van der Waals surface area contributed by atoms with Gasteiger partial charge in [0.1, 0.15) is 0 Å². The topological polar surface area (TPSA) is 70.5 Å². The van der Waals surface area contributed by atoms with Crippen molar-refractivity contribution in [2.24, 2.45) is 0 Å². The van der Waals surface area contributed by atoms with Crippen molar-refractivity contribution in [3.63, 3.8) is 0 Å². The molecule has 0 amide bonds. The molecule has 1 aromatic carbocycles. The SMILES string of the molecule is Cc1ccc(S(=O)(=O)N(CCCCO)C2CC2)c2cccnc12. The van der Waals surface area contributed by atoms with E-state index in [9.17, 15) is 8.42 Å². The van der Waals surface area contributed by atoms with E-state index in [-0.39, 0.29) is 12.6 Å². The second-order valence-electron chi connectivity index (χ2n) is 6.06. The molecule has 0 atom stereocenters. The first-order valence-corrected chi connectivity index (χ1v) is 9.47. The molecule has 3 rings (SSSR count). The van der Waals surface area contributed by atoms with Crippen LogP contribution in [-0.2, 0) is 10.0 Å². The minimum Gasteiger partial charge on any atom is -0.396 e. The molecule has 0 saturated heterocycles. The Hall–Kier alpha value is -1.50. The molecular formula is C17H22N2O3S. The van der Waals surface area contributed by atoms with Crippen LogP contribution in [0.15, 0.2) is 35.4 Å². The Balaban J connectivity index is 2.03. The minimum atomic E-state index is -3.55. The fourth-order valence-corrected chi connectivity index (χ4v) is 4.79. The first-order chi connectivity index (χ1) is 11.1. The summed E-state index contributed by atoms with van der Waals surface area (Å²) in [6.45, 7) is 2.49. The fourth-order valence-electron chi connectivity index (χ4n) is 2.88. The van der Waals surface area contributed by atoms with Gasteiger partial charge in [-0.3, -0.25) is 4.98 Å². The van der Waals surface area contributed by atoms with Crippen molar-refractivity contribution in [3.05, 3.63) is 36.0 Å². The molecule has 1 aromatic heterocycles. The zero-order valence-corrected chi connectivity index (χ0v) is 14.1. The third-order valence-corrected chi connectivity index (χ3v) is 6.27. The number of aliphatic hydroxyl groups is 1. The summed E-state index contributed by atoms with van der Waals surface area (Å²) in [4.78, 5) is 4.67. The molecule has 1 aliphatic carbocycles. The van der Waals surface area contributed by atoms with Crippen molar-refractivity contribution in [3.8, 4) is 0 Å².